The summed E-state index contributed by atoms with van der Waals surface area (Å²) in [5.41, 5.74) is 1.24. The van der Waals surface area contributed by atoms with Gasteiger partial charge in [0, 0.05) is 19.5 Å². The van der Waals surface area contributed by atoms with Crippen molar-refractivity contribution in [2.24, 2.45) is 7.05 Å². The van der Waals surface area contributed by atoms with Crippen molar-refractivity contribution in [1.29, 1.82) is 0 Å². The van der Waals surface area contributed by atoms with E-state index in [4.69, 9.17) is 0 Å². The van der Waals surface area contributed by atoms with Crippen molar-refractivity contribution in [2.75, 3.05) is 0 Å². The molecule has 86 valence electrons. The lowest BCUT2D eigenvalue weighted by Crippen LogP contribution is -2.22. The second kappa shape index (κ2) is 4.78. The second-order valence-electron chi connectivity index (χ2n) is 3.89. The molecule has 0 aliphatic carbocycles. The number of nitrogens with zero attached hydrogens (tertiary/aromatic N) is 1. The lowest BCUT2D eigenvalue weighted by atomic mass is 10.1. The van der Waals surface area contributed by atoms with Crippen LogP contribution >= 0.6 is 0 Å². The Hall–Kier alpha value is -2.16. The van der Waals surface area contributed by atoms with Crippen molar-refractivity contribution >= 4 is 5.78 Å². The molecule has 17 heavy (non-hydrogen) atoms. The molecule has 0 saturated carbocycles. The summed E-state index contributed by atoms with van der Waals surface area (Å²) in [5, 5.41) is 0. The van der Waals surface area contributed by atoms with Gasteiger partial charge in [-0.2, -0.15) is 0 Å². The van der Waals surface area contributed by atoms with Crippen molar-refractivity contribution in [3.05, 3.63) is 70.1 Å². The minimum Gasteiger partial charge on any atom is -0.309 e. The normalized spacial score (nSPS) is 10.2. The summed E-state index contributed by atoms with van der Waals surface area (Å²) in [5.74, 6) is -0.0450. The van der Waals surface area contributed by atoms with E-state index in [1.54, 1.807) is 19.2 Å². The highest BCUT2D eigenvalue weighted by Gasteiger charge is 2.10. The summed E-state index contributed by atoms with van der Waals surface area (Å²) < 4.78 is 1.38. The Labute approximate surface area is 99.3 Å². The number of hydrogen-bond donors (Lipinski definition) is 0. The number of carbonyl (C=O) groups is 1. The predicted molar refractivity (Wildman–Crippen MR) is 66.2 cm³/mol. The zero-order valence-corrected chi connectivity index (χ0v) is 9.59. The number of Topliss-reactive ketones (excluding diaryl/α,β-unsaturated/α-hetero) is 1. The van der Waals surface area contributed by atoms with Crippen LogP contribution in [-0.2, 0) is 13.5 Å². The number of aromatic nitrogens is 1. The van der Waals surface area contributed by atoms with Crippen LogP contribution < -0.4 is 5.56 Å². The molecule has 0 atom stereocenters. The first-order chi connectivity index (χ1) is 8.18. The number of ketones is 1. The molecule has 2 aromatic rings. The fourth-order valence-electron chi connectivity index (χ4n) is 1.72. The molecule has 1 aromatic heterocycles. The fourth-order valence-corrected chi connectivity index (χ4v) is 1.72. The van der Waals surface area contributed by atoms with Gasteiger partial charge >= 0.3 is 0 Å². The molecular weight excluding hydrogens is 214 g/mol. The average molecular weight is 227 g/mol. The van der Waals surface area contributed by atoms with E-state index in [0.717, 1.165) is 5.56 Å². The van der Waals surface area contributed by atoms with E-state index < -0.39 is 0 Å². The monoisotopic (exact) mass is 227 g/mol. The smallest absolute Gasteiger partial charge is 0.250 e. The molecule has 0 fully saturated rings. The van der Waals surface area contributed by atoms with E-state index >= 15 is 0 Å². The SMILES string of the molecule is Cn1c(C(=O)Cc2ccccc2)cccc1=O. The molecule has 0 aliphatic heterocycles. The first-order valence-corrected chi connectivity index (χ1v) is 5.41. The highest BCUT2D eigenvalue weighted by Crippen LogP contribution is 2.05. The van der Waals surface area contributed by atoms with Crippen LogP contribution in [0.4, 0.5) is 0 Å². The third-order valence-electron chi connectivity index (χ3n) is 2.68. The van der Waals surface area contributed by atoms with Gasteiger partial charge in [0.2, 0.25) is 0 Å². The van der Waals surface area contributed by atoms with Crippen LogP contribution in [0.15, 0.2) is 53.3 Å². The van der Waals surface area contributed by atoms with Crippen LogP contribution in [0.2, 0.25) is 0 Å². The molecule has 1 aromatic carbocycles. The molecule has 0 aliphatic rings. The number of pyridine rings is 1. The van der Waals surface area contributed by atoms with Gasteiger partial charge in [-0.1, -0.05) is 36.4 Å². The molecule has 0 spiro atoms. The molecular formula is C14H13NO2. The number of rotatable bonds is 3. The Balaban J connectivity index is 2.27. The van der Waals surface area contributed by atoms with E-state index in [9.17, 15) is 9.59 Å². The first-order valence-electron chi connectivity index (χ1n) is 5.41. The number of hydrogen-bond acceptors (Lipinski definition) is 2. The lowest BCUT2D eigenvalue weighted by molar-refractivity contribution is 0.0984. The maximum Gasteiger partial charge on any atom is 0.250 e. The molecule has 0 N–H and O–H groups in total. The van der Waals surface area contributed by atoms with Gasteiger partial charge in [0.05, 0.1) is 5.69 Å². The van der Waals surface area contributed by atoms with Gasteiger partial charge in [-0.15, -0.1) is 0 Å². The summed E-state index contributed by atoms with van der Waals surface area (Å²) in [7, 11) is 1.61. The van der Waals surface area contributed by atoms with Crippen LogP contribution in [-0.4, -0.2) is 10.4 Å². The summed E-state index contributed by atoms with van der Waals surface area (Å²) in [4.78, 5) is 23.4. The Bertz CT molecular complexity index is 585. The van der Waals surface area contributed by atoms with Crippen molar-refractivity contribution in [3.63, 3.8) is 0 Å². The third-order valence-corrected chi connectivity index (χ3v) is 2.68. The number of carbonyl (C=O) groups excluding carboxylic acids is 1. The predicted octanol–water partition coefficient (Wildman–Crippen LogP) is 1.81. The van der Waals surface area contributed by atoms with E-state index in [1.807, 2.05) is 30.3 Å². The molecule has 0 unspecified atom stereocenters. The number of benzene rings is 1. The van der Waals surface area contributed by atoms with Crippen molar-refractivity contribution < 1.29 is 4.79 Å². The highest BCUT2D eigenvalue weighted by atomic mass is 16.1. The average Bonchev–Trinajstić information content (AvgIpc) is 2.34. The summed E-state index contributed by atoms with van der Waals surface area (Å²) in [6, 6.07) is 14.2. The van der Waals surface area contributed by atoms with Crippen LogP contribution in [0.5, 0.6) is 0 Å². The topological polar surface area (TPSA) is 39.1 Å². The molecule has 0 radical (unpaired) electrons. The fraction of sp³-hybridized carbons (Fsp3) is 0.143. The maximum atomic E-state index is 12.0. The van der Waals surface area contributed by atoms with Gasteiger partial charge in [0.25, 0.3) is 5.56 Å². The molecule has 1 heterocycles. The second-order valence-corrected chi connectivity index (χ2v) is 3.89. The van der Waals surface area contributed by atoms with Gasteiger partial charge in [0.1, 0.15) is 0 Å². The minimum absolute atomic E-state index is 0.0450. The largest absolute Gasteiger partial charge is 0.309 e. The van der Waals surface area contributed by atoms with Crippen LogP contribution in [0.1, 0.15) is 16.1 Å². The van der Waals surface area contributed by atoms with E-state index in [1.165, 1.54) is 10.6 Å². The Kier molecular flexibility index (Phi) is 3.19. The maximum absolute atomic E-state index is 12.0. The molecule has 2 rings (SSSR count). The molecule has 3 heteroatoms. The Morgan fingerprint density at radius 3 is 2.47 bits per heavy atom. The molecule has 0 amide bonds. The van der Waals surface area contributed by atoms with E-state index in [-0.39, 0.29) is 11.3 Å². The van der Waals surface area contributed by atoms with Crippen molar-refractivity contribution in [1.82, 2.24) is 4.57 Å². The van der Waals surface area contributed by atoms with Crippen molar-refractivity contribution in [2.45, 2.75) is 6.42 Å². The van der Waals surface area contributed by atoms with Crippen molar-refractivity contribution in [3.8, 4) is 0 Å². The standard InChI is InChI=1S/C14H13NO2/c1-15-12(8-5-9-14(15)17)13(16)10-11-6-3-2-4-7-11/h2-9H,10H2,1H3. The summed E-state index contributed by atoms with van der Waals surface area (Å²) >= 11 is 0. The summed E-state index contributed by atoms with van der Waals surface area (Å²) in [6.45, 7) is 0. The van der Waals surface area contributed by atoms with Crippen LogP contribution in [0.3, 0.4) is 0 Å². The lowest BCUT2D eigenvalue weighted by Gasteiger charge is -2.06. The van der Waals surface area contributed by atoms with E-state index in [0.29, 0.717) is 12.1 Å². The highest BCUT2D eigenvalue weighted by molar-refractivity contribution is 5.95. The van der Waals surface area contributed by atoms with Gasteiger partial charge in [-0.05, 0) is 11.6 Å². The Morgan fingerprint density at radius 2 is 1.76 bits per heavy atom. The zero-order chi connectivity index (χ0) is 12.3. The summed E-state index contributed by atoms with van der Waals surface area (Å²) in [6.07, 6.45) is 0.318. The quantitative estimate of drug-likeness (QED) is 0.750. The third kappa shape index (κ3) is 2.50. The van der Waals surface area contributed by atoms with Gasteiger partial charge in [0.15, 0.2) is 5.78 Å². The molecule has 0 saturated heterocycles. The Morgan fingerprint density at radius 1 is 1.06 bits per heavy atom. The van der Waals surface area contributed by atoms with Gasteiger partial charge < -0.3 is 4.57 Å². The molecule has 0 bridgehead atoms. The van der Waals surface area contributed by atoms with Crippen LogP contribution in [0, 0.1) is 0 Å². The molecule has 3 nitrogen and oxygen atoms in total. The van der Waals surface area contributed by atoms with Gasteiger partial charge in [-0.3, -0.25) is 9.59 Å². The first kappa shape index (κ1) is 11.3. The van der Waals surface area contributed by atoms with Crippen LogP contribution in [0.25, 0.3) is 0 Å². The zero-order valence-electron chi connectivity index (χ0n) is 9.59. The van der Waals surface area contributed by atoms with Gasteiger partial charge in [-0.25, -0.2) is 0 Å². The van der Waals surface area contributed by atoms with E-state index in [2.05, 4.69) is 0 Å². The minimum atomic E-state index is -0.163.